The molecular formula is C7H19NO2Si. The number of hydrogen-bond acceptors (Lipinski definition) is 3. The molecule has 0 aromatic heterocycles. The van der Waals surface area contributed by atoms with Gasteiger partial charge in [0.15, 0.2) is 0 Å². The van der Waals surface area contributed by atoms with E-state index in [9.17, 15) is 0 Å². The van der Waals surface area contributed by atoms with Crippen molar-refractivity contribution in [2.24, 2.45) is 11.1 Å². The molecule has 68 valence electrons. The largest absolute Gasteiger partial charge is 0.411 e. The Hall–Kier alpha value is 0.0969. The van der Waals surface area contributed by atoms with Crippen LogP contribution in [0.15, 0.2) is 0 Å². The molecule has 0 heterocycles. The zero-order valence-electron chi connectivity index (χ0n) is 7.59. The smallest absolute Gasteiger partial charge is 0.329 e. The fourth-order valence-corrected chi connectivity index (χ4v) is 1.83. The minimum atomic E-state index is -2.84. The second-order valence-corrected chi connectivity index (χ2v) is 7.02. The molecule has 4 heteroatoms. The van der Waals surface area contributed by atoms with E-state index in [1.807, 2.05) is 13.8 Å². The van der Waals surface area contributed by atoms with Gasteiger partial charge in [-0.05, 0) is 31.0 Å². The number of nitrogens with two attached hydrogens (primary N) is 1. The zero-order valence-corrected chi connectivity index (χ0v) is 8.59. The van der Waals surface area contributed by atoms with Crippen LogP contribution < -0.4 is 5.73 Å². The van der Waals surface area contributed by atoms with E-state index in [2.05, 4.69) is 0 Å². The predicted octanol–water partition coefficient (Wildman–Crippen LogP) is 0.418. The molecule has 0 radical (unpaired) electrons. The Bertz CT molecular complexity index is 120. The van der Waals surface area contributed by atoms with Gasteiger partial charge in [-0.3, -0.25) is 0 Å². The third-order valence-corrected chi connectivity index (χ3v) is 3.03. The summed E-state index contributed by atoms with van der Waals surface area (Å²) in [7, 11) is -2.84. The van der Waals surface area contributed by atoms with Crippen molar-refractivity contribution in [3.8, 4) is 0 Å². The summed E-state index contributed by atoms with van der Waals surface area (Å²) in [5.74, 6) is 0. The molecule has 0 amide bonds. The van der Waals surface area contributed by atoms with Gasteiger partial charge in [-0.1, -0.05) is 13.8 Å². The van der Waals surface area contributed by atoms with Crippen LogP contribution in [0.3, 0.4) is 0 Å². The Labute approximate surface area is 69.5 Å². The molecule has 0 rings (SSSR count). The summed E-state index contributed by atoms with van der Waals surface area (Å²) in [5, 5.41) is 0. The second-order valence-electron chi connectivity index (χ2n) is 4.09. The highest BCUT2D eigenvalue weighted by Crippen LogP contribution is 2.23. The van der Waals surface area contributed by atoms with Crippen LogP contribution in [0.4, 0.5) is 0 Å². The van der Waals surface area contributed by atoms with Crippen molar-refractivity contribution in [3.05, 3.63) is 0 Å². The van der Waals surface area contributed by atoms with E-state index in [-0.39, 0.29) is 5.41 Å². The SMILES string of the molecule is CC(C)(CN)CC[Si](C)(O)O. The van der Waals surface area contributed by atoms with E-state index in [4.69, 9.17) is 15.3 Å². The Kier molecular flexibility index (Phi) is 3.70. The van der Waals surface area contributed by atoms with Crippen molar-refractivity contribution in [3.63, 3.8) is 0 Å². The van der Waals surface area contributed by atoms with E-state index in [1.165, 1.54) is 6.55 Å². The third-order valence-electron chi connectivity index (χ3n) is 1.83. The molecule has 0 bridgehead atoms. The molecule has 0 spiro atoms. The van der Waals surface area contributed by atoms with Crippen LogP contribution in [0.5, 0.6) is 0 Å². The van der Waals surface area contributed by atoms with E-state index in [1.54, 1.807) is 0 Å². The van der Waals surface area contributed by atoms with Gasteiger partial charge in [0.2, 0.25) is 0 Å². The van der Waals surface area contributed by atoms with Crippen molar-refractivity contribution in [2.75, 3.05) is 6.54 Å². The molecule has 0 aromatic carbocycles. The van der Waals surface area contributed by atoms with E-state index in [0.29, 0.717) is 12.6 Å². The molecule has 0 aliphatic heterocycles. The van der Waals surface area contributed by atoms with Gasteiger partial charge in [0, 0.05) is 0 Å². The van der Waals surface area contributed by atoms with Crippen molar-refractivity contribution in [1.82, 2.24) is 0 Å². The van der Waals surface area contributed by atoms with Gasteiger partial charge < -0.3 is 15.3 Å². The maximum Gasteiger partial charge on any atom is 0.329 e. The molecule has 0 saturated heterocycles. The highest BCUT2D eigenvalue weighted by molar-refractivity contribution is 6.63. The molecule has 4 N–H and O–H groups in total. The van der Waals surface area contributed by atoms with Gasteiger partial charge >= 0.3 is 8.56 Å². The molecule has 0 unspecified atom stereocenters. The summed E-state index contributed by atoms with van der Waals surface area (Å²) >= 11 is 0. The van der Waals surface area contributed by atoms with Gasteiger partial charge in [0.25, 0.3) is 0 Å². The first-order valence-electron chi connectivity index (χ1n) is 3.92. The Morgan fingerprint density at radius 2 is 1.82 bits per heavy atom. The summed E-state index contributed by atoms with van der Waals surface area (Å²) in [4.78, 5) is 18.3. The van der Waals surface area contributed by atoms with Crippen LogP contribution in [-0.2, 0) is 0 Å². The minimum absolute atomic E-state index is 0.0414. The predicted molar refractivity (Wildman–Crippen MR) is 48.3 cm³/mol. The Morgan fingerprint density at radius 1 is 1.36 bits per heavy atom. The van der Waals surface area contributed by atoms with Crippen LogP contribution in [0.25, 0.3) is 0 Å². The molecule has 3 nitrogen and oxygen atoms in total. The van der Waals surface area contributed by atoms with Gasteiger partial charge in [-0.15, -0.1) is 0 Å². The fraction of sp³-hybridized carbons (Fsp3) is 1.00. The maximum absolute atomic E-state index is 9.13. The lowest BCUT2D eigenvalue weighted by molar-refractivity contribution is 0.321. The summed E-state index contributed by atoms with van der Waals surface area (Å²) in [6.45, 7) is 6.19. The highest BCUT2D eigenvalue weighted by Gasteiger charge is 2.25. The van der Waals surface area contributed by atoms with Crippen LogP contribution in [-0.4, -0.2) is 24.7 Å². The fourth-order valence-electron chi connectivity index (χ4n) is 0.677. The van der Waals surface area contributed by atoms with E-state index >= 15 is 0 Å². The van der Waals surface area contributed by atoms with Crippen molar-refractivity contribution in [2.45, 2.75) is 32.9 Å². The average molecular weight is 177 g/mol. The van der Waals surface area contributed by atoms with Crippen LogP contribution in [0.2, 0.25) is 12.6 Å². The topological polar surface area (TPSA) is 66.5 Å². The first-order valence-corrected chi connectivity index (χ1v) is 6.52. The zero-order chi connectivity index (χ0) is 9.12. The lowest BCUT2D eigenvalue weighted by Crippen LogP contribution is -2.33. The van der Waals surface area contributed by atoms with Gasteiger partial charge in [0.1, 0.15) is 0 Å². The maximum atomic E-state index is 9.13. The van der Waals surface area contributed by atoms with E-state index in [0.717, 1.165) is 6.42 Å². The summed E-state index contributed by atoms with van der Waals surface area (Å²) < 4.78 is 0. The number of hydrogen-bond donors (Lipinski definition) is 3. The summed E-state index contributed by atoms with van der Waals surface area (Å²) in [6.07, 6.45) is 0.791. The summed E-state index contributed by atoms with van der Waals surface area (Å²) in [6, 6.07) is 0.511. The molecule has 0 saturated carbocycles. The van der Waals surface area contributed by atoms with Crippen molar-refractivity contribution >= 4 is 8.56 Å². The Morgan fingerprint density at radius 3 is 2.09 bits per heavy atom. The van der Waals surface area contributed by atoms with Crippen LogP contribution in [0, 0.1) is 5.41 Å². The first-order chi connectivity index (χ1) is 4.77. The number of rotatable bonds is 4. The highest BCUT2D eigenvalue weighted by atomic mass is 28.4. The Balaban J connectivity index is 3.70. The van der Waals surface area contributed by atoms with Crippen molar-refractivity contribution in [1.29, 1.82) is 0 Å². The molecule has 11 heavy (non-hydrogen) atoms. The third kappa shape index (κ3) is 6.49. The molecule has 0 aliphatic carbocycles. The standard InChI is InChI=1S/C7H19NO2Si/c1-7(2,6-8)4-5-11(3,9)10/h9-10H,4-6,8H2,1-3H3. The lowest BCUT2D eigenvalue weighted by atomic mass is 9.91. The lowest BCUT2D eigenvalue weighted by Gasteiger charge is -2.24. The first kappa shape index (κ1) is 11.1. The normalized spacial score (nSPS) is 13.6. The second kappa shape index (κ2) is 3.67. The molecule has 0 atom stereocenters. The molecule has 0 aromatic rings. The van der Waals surface area contributed by atoms with Crippen molar-refractivity contribution < 1.29 is 9.59 Å². The van der Waals surface area contributed by atoms with E-state index < -0.39 is 8.56 Å². The quantitative estimate of drug-likeness (QED) is 0.545. The monoisotopic (exact) mass is 177 g/mol. The molecule has 0 aliphatic rings. The van der Waals surface area contributed by atoms with Gasteiger partial charge in [-0.25, -0.2) is 0 Å². The molecular weight excluding hydrogens is 158 g/mol. The van der Waals surface area contributed by atoms with Gasteiger partial charge in [0.05, 0.1) is 0 Å². The van der Waals surface area contributed by atoms with Gasteiger partial charge in [-0.2, -0.15) is 0 Å². The average Bonchev–Trinajstić information content (AvgIpc) is 1.83. The van der Waals surface area contributed by atoms with Crippen LogP contribution >= 0.6 is 0 Å². The van der Waals surface area contributed by atoms with Crippen LogP contribution in [0.1, 0.15) is 20.3 Å². The summed E-state index contributed by atoms with van der Waals surface area (Å²) in [5.41, 5.74) is 5.53. The minimum Gasteiger partial charge on any atom is -0.411 e. The molecule has 0 fully saturated rings.